The van der Waals surface area contributed by atoms with Crippen molar-refractivity contribution in [2.75, 3.05) is 26.3 Å². The molecule has 7 aromatic rings. The van der Waals surface area contributed by atoms with Crippen molar-refractivity contribution in [3.05, 3.63) is 209 Å². The van der Waals surface area contributed by atoms with Gasteiger partial charge in [-0.25, -0.2) is 9.59 Å². The number of alkyl carbamates (subject to hydrolysis) is 2. The molecule has 0 bridgehead atoms. The Morgan fingerprint density at radius 2 is 1.10 bits per heavy atom. The van der Waals surface area contributed by atoms with Gasteiger partial charge in [-0.05, 0) is 172 Å². The summed E-state index contributed by atoms with van der Waals surface area (Å²) < 4.78 is 17.8. The number of unbranched alkanes of at least 4 members (excludes halogenated alkanes) is 2. The number of nitrogens with zero attached hydrogens (tertiary/aromatic N) is 5. The predicted octanol–water partition coefficient (Wildman–Crippen LogP) is 11.0. The van der Waals surface area contributed by atoms with Crippen molar-refractivity contribution >= 4 is 18.1 Å². The molecule has 1 atom stereocenters. The molecular weight excluding hydrogens is 965 g/mol. The molecule has 0 spiro atoms. The predicted molar refractivity (Wildman–Crippen MR) is 299 cm³/mol. The van der Waals surface area contributed by atoms with Gasteiger partial charge >= 0.3 is 12.2 Å². The number of nitrogens with one attached hydrogen (secondary N) is 3. The van der Waals surface area contributed by atoms with E-state index in [1.165, 1.54) is 0 Å². The van der Waals surface area contributed by atoms with E-state index in [0.29, 0.717) is 71.4 Å². The highest BCUT2D eigenvalue weighted by molar-refractivity contribution is 5.85. The number of ether oxygens (including phenoxy) is 3. The minimum Gasteiger partial charge on any atom is -0.494 e. The minimum absolute atomic E-state index is 0.119. The van der Waals surface area contributed by atoms with Crippen molar-refractivity contribution in [1.29, 1.82) is 0 Å². The van der Waals surface area contributed by atoms with Gasteiger partial charge in [-0.2, -0.15) is 0 Å². The van der Waals surface area contributed by atoms with Crippen LogP contribution in [0.25, 0.3) is 11.1 Å². The normalized spacial score (nSPS) is 12.4. The average Bonchev–Trinajstić information content (AvgIpc) is 3.82. The Balaban J connectivity index is 0.908. The number of carbonyl (C=O) groups is 3. The summed E-state index contributed by atoms with van der Waals surface area (Å²) in [5.74, 6) is 0.580. The number of pyridine rings is 4. The smallest absolute Gasteiger partial charge is 0.407 e. The van der Waals surface area contributed by atoms with Crippen LogP contribution >= 0.6 is 0 Å². The molecule has 1 aliphatic rings. The van der Waals surface area contributed by atoms with E-state index in [9.17, 15) is 14.4 Å². The molecule has 400 valence electrons. The van der Waals surface area contributed by atoms with Crippen LogP contribution in [0.5, 0.6) is 5.75 Å². The Morgan fingerprint density at radius 3 is 1.68 bits per heavy atom. The molecule has 4 aromatic heterocycles. The van der Waals surface area contributed by atoms with Gasteiger partial charge in [-0.15, -0.1) is 0 Å². The van der Waals surface area contributed by atoms with Crippen LogP contribution < -0.4 is 20.7 Å². The fourth-order valence-electron chi connectivity index (χ4n) is 9.85. The third kappa shape index (κ3) is 17.8. The lowest BCUT2D eigenvalue weighted by atomic mass is 9.89. The molecular formula is C63H72N8O6. The van der Waals surface area contributed by atoms with E-state index < -0.39 is 23.8 Å². The van der Waals surface area contributed by atoms with Crippen molar-refractivity contribution in [1.82, 2.24) is 40.8 Å². The van der Waals surface area contributed by atoms with E-state index in [2.05, 4.69) is 97.5 Å². The maximum Gasteiger partial charge on any atom is 0.407 e. The Hall–Kier alpha value is -7.97. The van der Waals surface area contributed by atoms with Gasteiger partial charge in [0, 0.05) is 74.8 Å². The highest BCUT2D eigenvalue weighted by Crippen LogP contribution is 2.44. The number of hydrogen-bond donors (Lipinski definition) is 3. The Bertz CT molecular complexity index is 2710. The van der Waals surface area contributed by atoms with Crippen LogP contribution in [0.4, 0.5) is 9.59 Å². The van der Waals surface area contributed by atoms with Gasteiger partial charge in [0.1, 0.15) is 24.0 Å². The highest BCUT2D eigenvalue weighted by Gasteiger charge is 2.30. The van der Waals surface area contributed by atoms with Crippen molar-refractivity contribution in [2.24, 2.45) is 5.92 Å². The van der Waals surface area contributed by atoms with E-state index in [1.807, 2.05) is 118 Å². The zero-order chi connectivity index (χ0) is 53.7. The summed E-state index contributed by atoms with van der Waals surface area (Å²) in [4.78, 5) is 60.6. The van der Waals surface area contributed by atoms with Gasteiger partial charge < -0.3 is 30.2 Å². The first-order valence-corrected chi connectivity index (χ1v) is 26.9. The zero-order valence-electron chi connectivity index (χ0n) is 44.6. The molecule has 77 heavy (non-hydrogen) atoms. The monoisotopic (exact) mass is 1040 g/mol. The summed E-state index contributed by atoms with van der Waals surface area (Å²) in [7, 11) is 0. The zero-order valence-corrected chi connectivity index (χ0v) is 44.6. The number of hydrogen-bond acceptors (Lipinski definition) is 11. The van der Waals surface area contributed by atoms with Gasteiger partial charge in [0.15, 0.2) is 0 Å². The van der Waals surface area contributed by atoms with E-state index in [4.69, 9.17) is 24.2 Å². The molecule has 3 amide bonds. The molecule has 3 N–H and O–H groups in total. The minimum atomic E-state index is -0.848. The molecule has 4 heterocycles. The molecule has 0 fully saturated rings. The second kappa shape index (κ2) is 28.2. The van der Waals surface area contributed by atoms with Gasteiger partial charge in [-0.1, -0.05) is 78.9 Å². The molecule has 1 aliphatic carbocycles. The van der Waals surface area contributed by atoms with Crippen LogP contribution in [0, 0.1) is 5.92 Å². The lowest BCUT2D eigenvalue weighted by Crippen LogP contribution is -2.47. The molecule has 8 rings (SSSR count). The van der Waals surface area contributed by atoms with Crippen LogP contribution in [0.3, 0.4) is 0 Å². The number of carbonyl (C=O) groups excluding carboxylic acids is 3. The van der Waals surface area contributed by atoms with Crippen LogP contribution in [0.2, 0.25) is 0 Å². The highest BCUT2D eigenvalue weighted by atomic mass is 16.6. The first-order valence-electron chi connectivity index (χ1n) is 26.9. The third-order valence-corrected chi connectivity index (χ3v) is 13.3. The number of rotatable bonds is 27. The Labute approximate surface area is 453 Å². The summed E-state index contributed by atoms with van der Waals surface area (Å²) in [5.41, 5.74) is 10.2. The molecule has 14 heteroatoms. The van der Waals surface area contributed by atoms with Crippen molar-refractivity contribution < 1.29 is 28.6 Å². The molecule has 14 nitrogen and oxygen atoms in total. The lowest BCUT2D eigenvalue weighted by Gasteiger charge is -2.23. The summed E-state index contributed by atoms with van der Waals surface area (Å²) in [6.45, 7) is 8.66. The molecule has 3 aromatic carbocycles. The molecule has 0 radical (unpaired) electrons. The lowest BCUT2D eigenvalue weighted by molar-refractivity contribution is -0.123. The van der Waals surface area contributed by atoms with Crippen LogP contribution in [-0.2, 0) is 53.2 Å². The molecule has 0 unspecified atom stereocenters. The van der Waals surface area contributed by atoms with E-state index >= 15 is 0 Å². The van der Waals surface area contributed by atoms with Crippen LogP contribution in [0.1, 0.15) is 104 Å². The summed E-state index contributed by atoms with van der Waals surface area (Å²) in [6, 6.07) is 46.2. The van der Waals surface area contributed by atoms with Crippen molar-refractivity contribution in [3.8, 4) is 16.9 Å². The SMILES string of the molecule is CC(C)(C)OC(=O)NCCCC[C@H](NC(=O)OCC1c2ccccc2-c2ccccc21)C(=O)NCCCCOc1cc(CC(Cc2ccccn2)Cc2ccccn2)cc(CN(Cc2ccccn2)Cc2ccccn2)c1. The Kier molecular flexibility index (Phi) is 20.3. The summed E-state index contributed by atoms with van der Waals surface area (Å²) in [6.07, 6.45) is 11.4. The average molecular weight is 1040 g/mol. The van der Waals surface area contributed by atoms with Crippen molar-refractivity contribution in [3.63, 3.8) is 0 Å². The fourth-order valence-corrected chi connectivity index (χ4v) is 9.85. The number of amides is 3. The first kappa shape index (κ1) is 55.3. The van der Waals surface area contributed by atoms with E-state index in [-0.39, 0.29) is 24.3 Å². The molecule has 0 saturated heterocycles. The number of aromatic nitrogens is 4. The number of fused-ring (bicyclic) bond motifs is 3. The fraction of sp³-hybridized carbons (Fsp3) is 0.349. The summed E-state index contributed by atoms with van der Waals surface area (Å²) in [5, 5.41) is 8.69. The third-order valence-electron chi connectivity index (χ3n) is 13.3. The number of benzene rings is 3. The summed E-state index contributed by atoms with van der Waals surface area (Å²) >= 11 is 0. The second-order valence-electron chi connectivity index (χ2n) is 20.7. The maximum atomic E-state index is 13.8. The van der Waals surface area contributed by atoms with Gasteiger partial charge in [-0.3, -0.25) is 29.6 Å². The molecule has 0 aliphatic heterocycles. The maximum absolute atomic E-state index is 13.8. The van der Waals surface area contributed by atoms with Gasteiger partial charge in [0.25, 0.3) is 0 Å². The van der Waals surface area contributed by atoms with E-state index in [1.54, 1.807) is 0 Å². The van der Waals surface area contributed by atoms with Gasteiger partial charge in [0.2, 0.25) is 5.91 Å². The van der Waals surface area contributed by atoms with Crippen LogP contribution in [0.15, 0.2) is 164 Å². The first-order chi connectivity index (χ1) is 37.5. The van der Waals surface area contributed by atoms with E-state index in [0.717, 1.165) is 81.2 Å². The largest absolute Gasteiger partial charge is 0.494 e. The second-order valence-corrected chi connectivity index (χ2v) is 20.7. The standard InChI is InChI=1S/C63H72N8O6/c1-63(2,3)77-61(73)69-34-17-12-28-59(70-62(74)76-45-58-56-26-6-4-24-54(56)55-25-5-7-27-57(55)58)60(72)68-33-18-19-35-75-53-40-46(36-47(38-49-20-8-13-29-64-49)39-50-21-9-14-30-65-50)37-48(41-53)42-71(43-51-22-10-15-31-66-51)44-52-23-11-16-32-67-52/h4-11,13-16,20-27,29-32,37,40-41,47,58-59H,12,17-19,28,33-36,38-39,42-45H2,1-3H3,(H,68,72)(H,69,73)(H,70,74)/t59-/m0/s1. The van der Waals surface area contributed by atoms with Crippen LogP contribution in [-0.4, -0.2) is 80.9 Å². The topological polar surface area (TPSA) is 170 Å². The molecule has 0 saturated carbocycles. The van der Waals surface area contributed by atoms with Crippen molar-refractivity contribution in [2.45, 2.75) is 109 Å². The Morgan fingerprint density at radius 1 is 0.571 bits per heavy atom. The quantitative estimate of drug-likeness (QED) is 0.0419. The van der Waals surface area contributed by atoms with Gasteiger partial charge in [0.05, 0.1) is 18.0 Å².